The zero-order chi connectivity index (χ0) is 12.4. The third-order valence-electron chi connectivity index (χ3n) is 3.36. The summed E-state index contributed by atoms with van der Waals surface area (Å²) in [6.07, 6.45) is 0. The van der Waals surface area contributed by atoms with Crippen LogP contribution in [0, 0.1) is 6.92 Å². The van der Waals surface area contributed by atoms with Gasteiger partial charge < -0.3 is 15.5 Å². The number of amides is 1. The lowest BCUT2D eigenvalue weighted by molar-refractivity contribution is 0.0999. The van der Waals surface area contributed by atoms with E-state index in [4.69, 9.17) is 5.73 Å². The summed E-state index contributed by atoms with van der Waals surface area (Å²) in [4.78, 5) is 15.9. The number of nitrogens with two attached hydrogens (primary N) is 1. The number of aryl methyl sites for hydroxylation is 1. The molecule has 19 heavy (non-hydrogen) atoms. The van der Waals surface area contributed by atoms with Crippen LogP contribution in [0.4, 0.5) is 5.69 Å². The predicted octanol–water partition coefficient (Wildman–Crippen LogP) is 1.69. The first-order valence-electron chi connectivity index (χ1n) is 5.92. The maximum absolute atomic E-state index is 11.3. The van der Waals surface area contributed by atoms with Crippen molar-refractivity contribution in [1.29, 1.82) is 0 Å². The number of halogens is 2. The van der Waals surface area contributed by atoms with E-state index < -0.39 is 0 Å². The van der Waals surface area contributed by atoms with Crippen molar-refractivity contribution in [3.05, 3.63) is 29.3 Å². The molecule has 1 heterocycles. The maximum atomic E-state index is 11.3. The number of likely N-dealkylation sites (N-methyl/N-ethyl adjacent to an activating group) is 1. The molecule has 0 saturated carbocycles. The highest BCUT2D eigenvalue weighted by molar-refractivity contribution is 5.95. The Labute approximate surface area is 126 Å². The summed E-state index contributed by atoms with van der Waals surface area (Å²) in [5.41, 5.74) is 8.03. The van der Waals surface area contributed by atoms with Crippen LogP contribution in [0.15, 0.2) is 18.2 Å². The molecule has 4 nitrogen and oxygen atoms in total. The van der Waals surface area contributed by atoms with E-state index in [1.54, 1.807) is 0 Å². The van der Waals surface area contributed by atoms with E-state index in [-0.39, 0.29) is 30.7 Å². The van der Waals surface area contributed by atoms with Crippen molar-refractivity contribution in [3.8, 4) is 0 Å². The van der Waals surface area contributed by atoms with Gasteiger partial charge in [-0.2, -0.15) is 0 Å². The van der Waals surface area contributed by atoms with Gasteiger partial charge >= 0.3 is 0 Å². The van der Waals surface area contributed by atoms with Crippen molar-refractivity contribution >= 4 is 36.4 Å². The van der Waals surface area contributed by atoms with Crippen molar-refractivity contribution in [2.24, 2.45) is 5.73 Å². The summed E-state index contributed by atoms with van der Waals surface area (Å²) in [6, 6.07) is 5.93. The molecule has 0 unspecified atom stereocenters. The fraction of sp³-hybridized carbons (Fsp3) is 0.462. The number of benzene rings is 1. The van der Waals surface area contributed by atoms with Crippen LogP contribution in [0.1, 0.15) is 15.9 Å². The van der Waals surface area contributed by atoms with E-state index in [0.717, 1.165) is 37.4 Å². The van der Waals surface area contributed by atoms with Gasteiger partial charge in [-0.3, -0.25) is 4.79 Å². The second-order valence-electron chi connectivity index (χ2n) is 4.65. The van der Waals surface area contributed by atoms with Crippen molar-refractivity contribution < 1.29 is 4.79 Å². The summed E-state index contributed by atoms with van der Waals surface area (Å²) in [6.45, 7) is 6.02. The minimum Gasteiger partial charge on any atom is -0.369 e. The van der Waals surface area contributed by atoms with Crippen LogP contribution in [-0.2, 0) is 0 Å². The molecular formula is C13H21Cl2N3O. The molecule has 0 aliphatic carbocycles. The number of hydrogen-bond donors (Lipinski definition) is 1. The van der Waals surface area contributed by atoms with E-state index in [1.807, 2.05) is 19.1 Å². The standard InChI is InChI=1S/C13H19N3O.2ClH/c1-10-3-4-11(9-12(10)13(14)17)16-7-5-15(2)6-8-16;;/h3-4,9H,5-8H2,1-2H3,(H2,14,17);2*1H. The van der Waals surface area contributed by atoms with Crippen molar-refractivity contribution in [2.45, 2.75) is 6.92 Å². The van der Waals surface area contributed by atoms with Gasteiger partial charge in [-0.1, -0.05) is 6.07 Å². The summed E-state index contributed by atoms with van der Waals surface area (Å²) in [5.74, 6) is -0.349. The lowest BCUT2D eigenvalue weighted by Crippen LogP contribution is -2.44. The Kier molecular flexibility index (Phi) is 7.19. The van der Waals surface area contributed by atoms with Crippen LogP contribution in [0.25, 0.3) is 0 Å². The van der Waals surface area contributed by atoms with Crippen LogP contribution in [0.3, 0.4) is 0 Å². The Hall–Kier alpha value is -0.970. The molecule has 1 aliphatic rings. The molecule has 0 radical (unpaired) electrons. The number of carbonyl (C=O) groups is 1. The highest BCUT2D eigenvalue weighted by atomic mass is 35.5. The number of carbonyl (C=O) groups excluding carboxylic acids is 1. The third kappa shape index (κ3) is 4.27. The highest BCUT2D eigenvalue weighted by Gasteiger charge is 2.15. The molecule has 0 atom stereocenters. The number of rotatable bonds is 2. The molecule has 0 aromatic heterocycles. The number of piperazine rings is 1. The summed E-state index contributed by atoms with van der Waals surface area (Å²) in [7, 11) is 2.13. The molecule has 108 valence electrons. The van der Waals surface area contributed by atoms with Gasteiger partial charge in [-0.25, -0.2) is 0 Å². The minimum absolute atomic E-state index is 0. The first-order valence-corrected chi connectivity index (χ1v) is 5.92. The highest BCUT2D eigenvalue weighted by Crippen LogP contribution is 2.20. The van der Waals surface area contributed by atoms with Gasteiger partial charge in [0.25, 0.3) is 0 Å². The Morgan fingerprint density at radius 3 is 2.26 bits per heavy atom. The number of hydrogen-bond acceptors (Lipinski definition) is 3. The number of anilines is 1. The Morgan fingerprint density at radius 2 is 1.74 bits per heavy atom. The minimum atomic E-state index is -0.349. The average molecular weight is 306 g/mol. The monoisotopic (exact) mass is 305 g/mol. The molecule has 1 aliphatic heterocycles. The Balaban J connectivity index is 0.00000162. The Morgan fingerprint density at radius 1 is 1.16 bits per heavy atom. The third-order valence-corrected chi connectivity index (χ3v) is 3.36. The maximum Gasteiger partial charge on any atom is 0.249 e. The van der Waals surface area contributed by atoms with E-state index in [2.05, 4.69) is 22.9 Å². The zero-order valence-electron chi connectivity index (χ0n) is 11.3. The van der Waals surface area contributed by atoms with E-state index in [9.17, 15) is 4.79 Å². The normalized spacial score (nSPS) is 15.4. The van der Waals surface area contributed by atoms with Crippen LogP contribution >= 0.6 is 24.8 Å². The Bertz CT molecular complexity index is 432. The second-order valence-corrected chi connectivity index (χ2v) is 4.65. The quantitative estimate of drug-likeness (QED) is 0.904. The molecule has 1 fully saturated rings. The molecular weight excluding hydrogens is 285 g/mol. The van der Waals surface area contributed by atoms with Crippen LogP contribution in [0.5, 0.6) is 0 Å². The van der Waals surface area contributed by atoms with Crippen molar-refractivity contribution in [2.75, 3.05) is 38.1 Å². The largest absolute Gasteiger partial charge is 0.369 e. The smallest absolute Gasteiger partial charge is 0.249 e. The summed E-state index contributed by atoms with van der Waals surface area (Å²) >= 11 is 0. The summed E-state index contributed by atoms with van der Waals surface area (Å²) in [5, 5.41) is 0. The predicted molar refractivity (Wildman–Crippen MR) is 83.9 cm³/mol. The number of nitrogens with zero attached hydrogens (tertiary/aromatic N) is 2. The van der Waals surface area contributed by atoms with Gasteiger partial charge in [0.05, 0.1) is 0 Å². The van der Waals surface area contributed by atoms with Crippen LogP contribution in [0.2, 0.25) is 0 Å². The fourth-order valence-corrected chi connectivity index (χ4v) is 2.14. The van der Waals surface area contributed by atoms with Gasteiger partial charge in [0.2, 0.25) is 5.91 Å². The van der Waals surface area contributed by atoms with Gasteiger partial charge in [0.1, 0.15) is 0 Å². The average Bonchev–Trinajstić information content (AvgIpc) is 2.30. The second kappa shape index (κ2) is 7.58. The topological polar surface area (TPSA) is 49.6 Å². The number of primary amides is 1. The molecule has 2 N–H and O–H groups in total. The molecule has 1 saturated heterocycles. The van der Waals surface area contributed by atoms with E-state index in [1.165, 1.54) is 0 Å². The molecule has 1 aromatic rings. The SMILES string of the molecule is Cc1ccc(N2CCN(C)CC2)cc1C(N)=O.Cl.Cl. The van der Waals surface area contributed by atoms with Crippen molar-refractivity contribution in [1.82, 2.24) is 4.90 Å². The lowest BCUT2D eigenvalue weighted by atomic mass is 10.1. The molecule has 1 amide bonds. The zero-order valence-corrected chi connectivity index (χ0v) is 12.9. The van der Waals surface area contributed by atoms with Gasteiger partial charge in [0.15, 0.2) is 0 Å². The molecule has 0 spiro atoms. The fourth-order valence-electron chi connectivity index (χ4n) is 2.14. The lowest BCUT2D eigenvalue weighted by Gasteiger charge is -2.34. The molecule has 1 aromatic carbocycles. The first-order chi connectivity index (χ1) is 8.08. The summed E-state index contributed by atoms with van der Waals surface area (Å²) < 4.78 is 0. The molecule has 0 bridgehead atoms. The van der Waals surface area contributed by atoms with Gasteiger partial charge in [-0.15, -0.1) is 24.8 Å². The van der Waals surface area contributed by atoms with Gasteiger partial charge in [0, 0.05) is 37.4 Å². The van der Waals surface area contributed by atoms with E-state index in [0.29, 0.717) is 5.56 Å². The van der Waals surface area contributed by atoms with Crippen LogP contribution in [-0.4, -0.2) is 44.0 Å². The van der Waals surface area contributed by atoms with Gasteiger partial charge in [-0.05, 0) is 31.7 Å². The van der Waals surface area contributed by atoms with E-state index >= 15 is 0 Å². The van der Waals surface area contributed by atoms with Crippen molar-refractivity contribution in [3.63, 3.8) is 0 Å². The van der Waals surface area contributed by atoms with Crippen LogP contribution < -0.4 is 10.6 Å². The first kappa shape index (κ1) is 18.0. The molecule has 6 heteroatoms. The molecule has 2 rings (SSSR count).